The average Bonchev–Trinajstić information content (AvgIpc) is 3.42. The summed E-state index contributed by atoms with van der Waals surface area (Å²) in [5.74, 6) is -1.59. The molecule has 0 saturated heterocycles. The Balaban J connectivity index is 1.85. The van der Waals surface area contributed by atoms with Crippen molar-refractivity contribution in [1.29, 1.82) is 0 Å². The highest BCUT2D eigenvalue weighted by Crippen LogP contribution is 2.43. The average molecular weight is 509 g/mol. The number of alkyl halides is 4. The first-order chi connectivity index (χ1) is 16.5. The van der Waals surface area contributed by atoms with Gasteiger partial charge in [-0.25, -0.2) is 22.5 Å². The summed E-state index contributed by atoms with van der Waals surface area (Å²) in [5, 5.41) is 10.8. The molecule has 9 nitrogen and oxygen atoms in total. The van der Waals surface area contributed by atoms with Crippen LogP contribution in [0.5, 0.6) is 0 Å². The first-order valence-corrected chi connectivity index (χ1v) is 11.0. The molecule has 35 heavy (non-hydrogen) atoms. The van der Waals surface area contributed by atoms with E-state index in [9.17, 15) is 27.2 Å². The molecule has 0 fully saturated rings. The van der Waals surface area contributed by atoms with Crippen LogP contribution in [0.25, 0.3) is 21.3 Å². The van der Waals surface area contributed by atoms with Crippen LogP contribution in [0.2, 0.25) is 0 Å². The fourth-order valence-electron chi connectivity index (χ4n) is 3.72. The van der Waals surface area contributed by atoms with Crippen molar-refractivity contribution in [2.75, 3.05) is 5.32 Å². The number of anilines is 1. The van der Waals surface area contributed by atoms with E-state index < -0.39 is 42.6 Å². The summed E-state index contributed by atoms with van der Waals surface area (Å²) in [7, 11) is 1.66. The molecule has 0 aromatic carbocycles. The molecule has 0 radical (unpaired) electrons. The van der Waals surface area contributed by atoms with E-state index in [1.54, 1.807) is 20.2 Å². The Bertz CT molecular complexity index is 1460. The Labute approximate surface area is 199 Å². The summed E-state index contributed by atoms with van der Waals surface area (Å²) in [6, 6.07) is 2.34. The molecule has 0 bridgehead atoms. The topological polar surface area (TPSA) is 121 Å². The van der Waals surface area contributed by atoms with Gasteiger partial charge in [0.2, 0.25) is 5.91 Å². The monoisotopic (exact) mass is 509 g/mol. The largest absolute Gasteiger partial charge is 0.365 e. The number of pyridine rings is 1. The molecule has 14 heteroatoms. The number of thiophene rings is 1. The number of amides is 2. The second kappa shape index (κ2) is 9.09. The number of rotatable bonds is 7. The molecule has 0 aliphatic heterocycles. The lowest BCUT2D eigenvalue weighted by Crippen LogP contribution is -2.22. The highest BCUT2D eigenvalue weighted by molar-refractivity contribution is 7.21. The van der Waals surface area contributed by atoms with Crippen LogP contribution in [-0.2, 0) is 18.4 Å². The molecule has 3 N–H and O–H groups in total. The fraction of sp³-hybridized carbons (Fsp3) is 0.286. The van der Waals surface area contributed by atoms with Crippen LogP contribution in [0.3, 0.4) is 0 Å². The maximum absolute atomic E-state index is 13.6. The molecular weight excluding hydrogens is 490 g/mol. The number of primary amides is 1. The minimum absolute atomic E-state index is 0.00652. The number of hydrogen-bond acceptors (Lipinski definition) is 6. The maximum atomic E-state index is 13.6. The molecule has 0 unspecified atom stereocenters. The van der Waals surface area contributed by atoms with Crippen molar-refractivity contribution in [3.8, 4) is 11.1 Å². The molecule has 4 aromatic heterocycles. The summed E-state index contributed by atoms with van der Waals surface area (Å²) in [4.78, 5) is 29.0. The van der Waals surface area contributed by atoms with Gasteiger partial charge in [-0.1, -0.05) is 0 Å². The Morgan fingerprint density at radius 1 is 1.09 bits per heavy atom. The van der Waals surface area contributed by atoms with Crippen molar-refractivity contribution < 1.29 is 27.2 Å². The van der Waals surface area contributed by atoms with E-state index in [4.69, 9.17) is 5.73 Å². The maximum Gasteiger partial charge on any atom is 0.282 e. The third kappa shape index (κ3) is 4.60. The molecule has 0 saturated carbocycles. The van der Waals surface area contributed by atoms with Gasteiger partial charge in [0, 0.05) is 29.9 Å². The molecule has 184 valence electrons. The van der Waals surface area contributed by atoms with Gasteiger partial charge in [-0.05, 0) is 31.5 Å². The van der Waals surface area contributed by atoms with Crippen LogP contribution < -0.4 is 11.1 Å². The van der Waals surface area contributed by atoms with E-state index in [1.165, 1.54) is 17.7 Å². The van der Waals surface area contributed by atoms with Gasteiger partial charge in [-0.3, -0.25) is 19.0 Å². The molecule has 4 heterocycles. The molecule has 2 amide bonds. The number of aromatic nitrogens is 5. The van der Waals surface area contributed by atoms with Gasteiger partial charge in [-0.15, -0.1) is 11.3 Å². The SMILES string of the molecule is Cc1nn(C)cc1-c1cc(C(F)F)nc2sc(C(N)=O)c(NC(=O)Cn3nc(C(F)F)cc3C)c12. The Kier molecular flexibility index (Phi) is 6.32. The summed E-state index contributed by atoms with van der Waals surface area (Å²) in [6.45, 7) is 2.77. The van der Waals surface area contributed by atoms with Crippen molar-refractivity contribution in [2.45, 2.75) is 33.2 Å². The third-order valence-corrected chi connectivity index (χ3v) is 6.31. The zero-order valence-electron chi connectivity index (χ0n) is 18.6. The number of halogens is 4. The lowest BCUT2D eigenvalue weighted by molar-refractivity contribution is -0.116. The van der Waals surface area contributed by atoms with Gasteiger partial charge in [0.25, 0.3) is 18.8 Å². The van der Waals surface area contributed by atoms with Crippen LogP contribution in [-0.4, -0.2) is 36.4 Å². The van der Waals surface area contributed by atoms with E-state index >= 15 is 0 Å². The highest BCUT2D eigenvalue weighted by atomic mass is 32.1. The summed E-state index contributed by atoms with van der Waals surface area (Å²) < 4.78 is 55.7. The molecular formula is C21H19F4N7O2S. The van der Waals surface area contributed by atoms with E-state index in [-0.39, 0.29) is 26.3 Å². The zero-order valence-corrected chi connectivity index (χ0v) is 19.5. The Morgan fingerprint density at radius 2 is 1.77 bits per heavy atom. The van der Waals surface area contributed by atoms with Crippen molar-refractivity contribution in [1.82, 2.24) is 24.5 Å². The second-order valence-corrected chi connectivity index (χ2v) is 8.76. The summed E-state index contributed by atoms with van der Waals surface area (Å²) >= 11 is 0.762. The van der Waals surface area contributed by atoms with Gasteiger partial charge >= 0.3 is 0 Å². The van der Waals surface area contributed by atoms with Crippen LogP contribution >= 0.6 is 11.3 Å². The van der Waals surface area contributed by atoms with Crippen LogP contribution in [0.1, 0.15) is 45.3 Å². The third-order valence-electron chi connectivity index (χ3n) is 5.21. The van der Waals surface area contributed by atoms with Gasteiger partial charge in [0.1, 0.15) is 27.6 Å². The quantitative estimate of drug-likeness (QED) is 0.363. The van der Waals surface area contributed by atoms with E-state index in [0.717, 1.165) is 22.1 Å². The van der Waals surface area contributed by atoms with E-state index in [1.807, 2.05) is 0 Å². The lowest BCUT2D eigenvalue weighted by Gasteiger charge is -2.11. The van der Waals surface area contributed by atoms with Crippen LogP contribution in [0.4, 0.5) is 23.2 Å². The number of nitrogens with two attached hydrogens (primary N) is 1. The van der Waals surface area contributed by atoms with Gasteiger partial charge in [-0.2, -0.15) is 10.2 Å². The lowest BCUT2D eigenvalue weighted by atomic mass is 10.0. The number of fused-ring (bicyclic) bond motifs is 1. The predicted molar refractivity (Wildman–Crippen MR) is 121 cm³/mol. The first-order valence-electron chi connectivity index (χ1n) is 10.1. The van der Waals surface area contributed by atoms with E-state index in [2.05, 4.69) is 20.5 Å². The van der Waals surface area contributed by atoms with Crippen molar-refractivity contribution in [2.24, 2.45) is 12.8 Å². The number of hydrogen-bond donors (Lipinski definition) is 2. The van der Waals surface area contributed by atoms with Gasteiger partial charge in [0.15, 0.2) is 0 Å². The highest BCUT2D eigenvalue weighted by Gasteiger charge is 2.26. The zero-order chi connectivity index (χ0) is 25.6. The minimum Gasteiger partial charge on any atom is -0.365 e. The Hall–Kier alpha value is -3.81. The van der Waals surface area contributed by atoms with Crippen molar-refractivity contribution >= 4 is 39.1 Å². The van der Waals surface area contributed by atoms with E-state index in [0.29, 0.717) is 17.0 Å². The second-order valence-electron chi connectivity index (χ2n) is 7.76. The molecule has 0 spiro atoms. The van der Waals surface area contributed by atoms with Crippen LogP contribution in [0, 0.1) is 13.8 Å². The number of carbonyl (C=O) groups excluding carboxylic acids is 2. The predicted octanol–water partition coefficient (Wildman–Crippen LogP) is 4.12. The van der Waals surface area contributed by atoms with Gasteiger partial charge < -0.3 is 11.1 Å². The number of nitrogens with one attached hydrogen (secondary N) is 1. The molecule has 4 rings (SSSR count). The number of aryl methyl sites for hydroxylation is 3. The first kappa shape index (κ1) is 24.3. The fourth-order valence-corrected chi connectivity index (χ4v) is 4.73. The smallest absolute Gasteiger partial charge is 0.282 e. The Morgan fingerprint density at radius 3 is 2.31 bits per heavy atom. The van der Waals surface area contributed by atoms with Gasteiger partial charge in [0.05, 0.1) is 11.4 Å². The summed E-state index contributed by atoms with van der Waals surface area (Å²) in [5.41, 5.74) is 6.14. The molecule has 0 aliphatic carbocycles. The number of nitrogens with zero attached hydrogens (tertiary/aromatic N) is 5. The molecule has 0 aliphatic rings. The minimum atomic E-state index is -2.89. The van der Waals surface area contributed by atoms with Crippen molar-refractivity contribution in [3.63, 3.8) is 0 Å². The van der Waals surface area contributed by atoms with Crippen molar-refractivity contribution in [3.05, 3.63) is 46.0 Å². The molecule has 0 atom stereocenters. The van der Waals surface area contributed by atoms with Crippen LogP contribution in [0.15, 0.2) is 18.3 Å². The standard InChI is InChI=1S/C21H19F4N7O2S/c1-8-4-13(19(24)25)30-32(8)7-14(33)28-16-15-10(11-6-31(3)29-9(11)2)5-12(18(22)23)27-21(15)35-17(16)20(26)34/h4-6,18-19H,7H2,1-3H3,(H2,26,34)(H,28,33). The molecule has 4 aromatic rings. The normalized spacial score (nSPS) is 11.7. The summed E-state index contributed by atoms with van der Waals surface area (Å²) in [6.07, 6.45) is -4.08. The number of carbonyl (C=O) groups is 2.